The first kappa shape index (κ1) is 18.8. The van der Waals surface area contributed by atoms with Gasteiger partial charge in [-0.3, -0.25) is 0 Å². The van der Waals surface area contributed by atoms with Gasteiger partial charge >= 0.3 is 51.9 Å². The minimum absolute atomic E-state index is 0. The molecule has 0 aromatic carbocycles. The van der Waals surface area contributed by atoms with Gasteiger partial charge in [0.25, 0.3) is 0 Å². The van der Waals surface area contributed by atoms with Gasteiger partial charge in [0.15, 0.2) is 0 Å². The Labute approximate surface area is 63.2 Å². The third-order valence-electron chi connectivity index (χ3n) is 0. The molecule has 0 spiro atoms. The fourth-order valence-corrected chi connectivity index (χ4v) is 0. The van der Waals surface area contributed by atoms with Gasteiger partial charge in [0, 0.05) is 0 Å². The topological polar surface area (TPSA) is 23.8 Å². The van der Waals surface area contributed by atoms with E-state index in [1.54, 1.807) is 0 Å². The van der Waals surface area contributed by atoms with Crippen LogP contribution in [0.3, 0.4) is 0 Å². The van der Waals surface area contributed by atoms with Crippen LogP contribution < -0.4 is 29.6 Å². The van der Waals surface area contributed by atoms with Crippen LogP contribution in [-0.4, -0.2) is 0 Å². The van der Waals surface area contributed by atoms with E-state index in [1.165, 1.54) is 0 Å². The summed E-state index contributed by atoms with van der Waals surface area (Å²) >= 11 is 0. The summed E-state index contributed by atoms with van der Waals surface area (Å²) in [5.74, 6) is 0. The number of hydrogen-bond acceptors (Lipinski definition) is 1. The zero-order chi connectivity index (χ0) is 2.00. The van der Waals surface area contributed by atoms with Crippen molar-refractivity contribution in [2.24, 2.45) is 0 Å². The monoisotopic (exact) mass is 156 g/mol. The summed E-state index contributed by atoms with van der Waals surface area (Å²) in [4.78, 5) is 0. The fourth-order valence-electron chi connectivity index (χ4n) is 0. The predicted octanol–water partition coefficient (Wildman–Crippen LogP) is -2.90. The van der Waals surface area contributed by atoms with Crippen molar-refractivity contribution in [1.29, 1.82) is 5.26 Å². The molecule has 0 N–H and O–H groups in total. The standard InChI is InChI=1S/CN.Ag.Na/c1-2;;/q-1;2*+1. The maximum absolute atomic E-state index is 6.25. The molecule has 0 saturated carbocycles. The SMILES string of the molecule is [Ag+].[C-]#N.[Na+]. The Morgan fingerprint density at radius 3 is 1.25 bits per heavy atom. The van der Waals surface area contributed by atoms with Crippen molar-refractivity contribution in [2.75, 3.05) is 0 Å². The number of hydrogen-bond donors (Lipinski definition) is 0. The van der Waals surface area contributed by atoms with Crippen LogP contribution in [0.25, 0.3) is 0 Å². The zero-order valence-electron chi connectivity index (χ0n) is 2.25. The van der Waals surface area contributed by atoms with Crippen LogP contribution in [0.4, 0.5) is 0 Å². The number of rotatable bonds is 0. The second-order valence-electron chi connectivity index (χ2n) is 0. The van der Waals surface area contributed by atoms with Crippen molar-refractivity contribution in [3.05, 3.63) is 6.57 Å². The molecular weight excluding hydrogens is 157 g/mol. The van der Waals surface area contributed by atoms with E-state index in [0.29, 0.717) is 0 Å². The maximum Gasteiger partial charge on any atom is 1.00 e. The average molecular weight is 157 g/mol. The first-order valence-corrected chi connectivity index (χ1v) is 0.224. The second-order valence-corrected chi connectivity index (χ2v) is 0. The van der Waals surface area contributed by atoms with Gasteiger partial charge in [-0.1, -0.05) is 0 Å². The molecule has 0 aliphatic rings. The quantitative estimate of drug-likeness (QED) is 0.273. The maximum atomic E-state index is 6.25. The summed E-state index contributed by atoms with van der Waals surface area (Å²) in [6.45, 7) is 4.75. The molecule has 20 valence electrons. The van der Waals surface area contributed by atoms with Crippen molar-refractivity contribution in [1.82, 2.24) is 0 Å². The molecule has 0 aromatic heterocycles. The Bertz CT molecular complexity index is 12.8. The van der Waals surface area contributed by atoms with Gasteiger partial charge in [0.05, 0.1) is 0 Å². The molecule has 0 saturated heterocycles. The smallest absolute Gasteiger partial charge is 0.512 e. The van der Waals surface area contributed by atoms with Gasteiger partial charge in [0.1, 0.15) is 0 Å². The summed E-state index contributed by atoms with van der Waals surface area (Å²) in [6, 6.07) is 0. The van der Waals surface area contributed by atoms with Crippen molar-refractivity contribution in [3.63, 3.8) is 0 Å². The molecule has 0 heterocycles. The van der Waals surface area contributed by atoms with Crippen LogP contribution >= 0.6 is 0 Å². The van der Waals surface area contributed by atoms with E-state index in [1.807, 2.05) is 0 Å². The van der Waals surface area contributed by atoms with E-state index in [-0.39, 0.29) is 51.9 Å². The van der Waals surface area contributed by atoms with Crippen LogP contribution in [0.5, 0.6) is 0 Å². The van der Waals surface area contributed by atoms with Crippen LogP contribution in [0.1, 0.15) is 0 Å². The van der Waals surface area contributed by atoms with Gasteiger partial charge < -0.3 is 11.8 Å². The Balaban J connectivity index is -0.00000000500. The molecular formula is CAgNNa+. The first-order valence-electron chi connectivity index (χ1n) is 0.224. The van der Waals surface area contributed by atoms with Crippen molar-refractivity contribution < 1.29 is 51.9 Å². The van der Waals surface area contributed by atoms with Gasteiger partial charge in [-0.15, -0.1) is 0 Å². The Hall–Kier alpha value is 1.23. The van der Waals surface area contributed by atoms with Crippen molar-refractivity contribution in [2.45, 2.75) is 0 Å². The molecule has 0 radical (unpaired) electrons. The van der Waals surface area contributed by atoms with Crippen molar-refractivity contribution >= 4 is 0 Å². The molecule has 3 heteroatoms. The first-order chi connectivity index (χ1) is 1.00. The van der Waals surface area contributed by atoms with E-state index < -0.39 is 0 Å². The molecule has 0 atom stereocenters. The van der Waals surface area contributed by atoms with Gasteiger partial charge in [-0.25, -0.2) is 0 Å². The molecule has 0 amide bonds. The molecule has 0 aliphatic heterocycles. The van der Waals surface area contributed by atoms with E-state index in [4.69, 9.17) is 11.8 Å². The van der Waals surface area contributed by atoms with E-state index >= 15 is 0 Å². The normalized spacial score (nSPS) is 0.500. The Kier molecular flexibility index (Phi) is 137. The zero-order valence-corrected chi connectivity index (χ0v) is 5.73. The van der Waals surface area contributed by atoms with Gasteiger partial charge in [-0.2, -0.15) is 0 Å². The fraction of sp³-hybridized carbons (Fsp3) is 0. The predicted molar refractivity (Wildman–Crippen MR) is 4.97 cm³/mol. The third-order valence-corrected chi connectivity index (χ3v) is 0. The van der Waals surface area contributed by atoms with Crippen LogP contribution in [0, 0.1) is 11.8 Å². The van der Waals surface area contributed by atoms with Gasteiger partial charge in [-0.05, 0) is 0 Å². The van der Waals surface area contributed by atoms with Crippen LogP contribution in [0.15, 0.2) is 0 Å². The summed E-state index contributed by atoms with van der Waals surface area (Å²) in [5, 5.41) is 6.25. The molecule has 4 heavy (non-hydrogen) atoms. The molecule has 1 nitrogen and oxygen atoms in total. The van der Waals surface area contributed by atoms with Crippen LogP contribution in [0.2, 0.25) is 0 Å². The molecule has 0 fully saturated rings. The molecule has 0 aromatic rings. The molecule has 0 unspecified atom stereocenters. The van der Waals surface area contributed by atoms with E-state index in [0.717, 1.165) is 0 Å². The minimum atomic E-state index is 0. The van der Waals surface area contributed by atoms with Crippen LogP contribution in [-0.2, 0) is 22.4 Å². The third kappa shape index (κ3) is 10.6. The minimum Gasteiger partial charge on any atom is -0.512 e. The molecule has 0 aliphatic carbocycles. The largest absolute Gasteiger partial charge is 1.00 e. The van der Waals surface area contributed by atoms with E-state index in [2.05, 4.69) is 0 Å². The summed E-state index contributed by atoms with van der Waals surface area (Å²) < 4.78 is 0. The summed E-state index contributed by atoms with van der Waals surface area (Å²) in [6.07, 6.45) is 0. The molecule has 0 bridgehead atoms. The number of nitrogens with zero attached hydrogens (tertiary/aromatic N) is 1. The van der Waals surface area contributed by atoms with Crippen molar-refractivity contribution in [3.8, 4) is 0 Å². The Morgan fingerprint density at radius 2 is 1.25 bits per heavy atom. The van der Waals surface area contributed by atoms with E-state index in [9.17, 15) is 0 Å². The second kappa shape index (κ2) is 29.2. The Morgan fingerprint density at radius 1 is 1.25 bits per heavy atom. The summed E-state index contributed by atoms with van der Waals surface area (Å²) in [5.41, 5.74) is 0. The molecule has 0 rings (SSSR count). The summed E-state index contributed by atoms with van der Waals surface area (Å²) in [7, 11) is 0. The van der Waals surface area contributed by atoms with Gasteiger partial charge in [0.2, 0.25) is 0 Å². The average Bonchev–Trinajstić information content (AvgIpc) is 1.00.